The Morgan fingerprint density at radius 2 is 2.18 bits per heavy atom. The second-order valence-corrected chi connectivity index (χ2v) is 7.83. The van der Waals surface area contributed by atoms with E-state index < -0.39 is 9.84 Å². The average molecular weight is 366 g/mol. The molecule has 1 heterocycles. The highest BCUT2D eigenvalue weighted by molar-refractivity contribution is 14.1. The molecule has 0 aliphatic carbocycles. The monoisotopic (exact) mass is 366 g/mol. The minimum Gasteiger partial charge on any atom is -0.397 e. The molecule has 1 aromatic carbocycles. The molecule has 0 aromatic heterocycles. The summed E-state index contributed by atoms with van der Waals surface area (Å²) in [6.45, 7) is 2.45. The van der Waals surface area contributed by atoms with Gasteiger partial charge in [0.05, 0.1) is 22.9 Å². The summed E-state index contributed by atoms with van der Waals surface area (Å²) in [6, 6.07) is 5.84. The topological polar surface area (TPSA) is 63.4 Å². The lowest BCUT2D eigenvalue weighted by Crippen LogP contribution is -2.47. The normalized spacial score (nSPS) is 23.6. The third kappa shape index (κ3) is 2.85. The largest absolute Gasteiger partial charge is 0.397 e. The van der Waals surface area contributed by atoms with E-state index in [4.69, 9.17) is 5.73 Å². The fraction of sp³-hybridized carbons (Fsp3) is 0.455. The van der Waals surface area contributed by atoms with Crippen molar-refractivity contribution in [2.45, 2.75) is 13.0 Å². The highest BCUT2D eigenvalue weighted by atomic mass is 127. The number of hydrogen-bond donors (Lipinski definition) is 1. The Morgan fingerprint density at radius 1 is 1.47 bits per heavy atom. The minimum atomic E-state index is -2.88. The van der Waals surface area contributed by atoms with Crippen molar-refractivity contribution in [2.75, 3.05) is 28.7 Å². The summed E-state index contributed by atoms with van der Waals surface area (Å²) in [5.74, 6) is 0.418. The lowest BCUT2D eigenvalue weighted by atomic mass is 10.2. The van der Waals surface area contributed by atoms with Gasteiger partial charge in [0, 0.05) is 16.2 Å². The van der Waals surface area contributed by atoms with Crippen molar-refractivity contribution >= 4 is 43.8 Å². The number of halogens is 1. The van der Waals surface area contributed by atoms with Crippen molar-refractivity contribution in [1.29, 1.82) is 0 Å². The van der Waals surface area contributed by atoms with Crippen LogP contribution in [0.15, 0.2) is 18.2 Å². The van der Waals surface area contributed by atoms with Gasteiger partial charge in [-0.05, 0) is 47.7 Å². The third-order valence-electron chi connectivity index (χ3n) is 2.97. The second-order valence-electron chi connectivity index (χ2n) is 4.36. The quantitative estimate of drug-likeness (QED) is 0.605. The highest BCUT2D eigenvalue weighted by Crippen LogP contribution is 2.28. The van der Waals surface area contributed by atoms with Crippen LogP contribution in [-0.4, -0.2) is 32.5 Å². The molecule has 94 valence electrons. The van der Waals surface area contributed by atoms with Crippen LogP contribution in [-0.2, 0) is 9.84 Å². The molecule has 0 spiro atoms. The second kappa shape index (κ2) is 4.64. The summed E-state index contributed by atoms with van der Waals surface area (Å²) in [5, 5.41) is 0. The molecule has 1 aliphatic rings. The maximum absolute atomic E-state index is 11.5. The maximum Gasteiger partial charge on any atom is 0.154 e. The fourth-order valence-corrected chi connectivity index (χ4v) is 4.22. The number of nitrogens with two attached hydrogens (primary N) is 1. The van der Waals surface area contributed by atoms with Crippen LogP contribution in [0.4, 0.5) is 11.4 Å². The summed E-state index contributed by atoms with van der Waals surface area (Å²) in [6.07, 6.45) is 0. The predicted octanol–water partition coefficient (Wildman–Crippen LogP) is 1.50. The molecule has 0 saturated carbocycles. The molecule has 0 radical (unpaired) electrons. The van der Waals surface area contributed by atoms with Gasteiger partial charge >= 0.3 is 0 Å². The van der Waals surface area contributed by atoms with E-state index in [0.717, 1.165) is 9.26 Å². The molecule has 2 N–H and O–H groups in total. The molecule has 1 aromatic rings. The molecular weight excluding hydrogens is 351 g/mol. The Morgan fingerprint density at radius 3 is 2.76 bits per heavy atom. The van der Waals surface area contributed by atoms with Gasteiger partial charge in [-0.1, -0.05) is 0 Å². The van der Waals surface area contributed by atoms with Crippen LogP contribution in [0.3, 0.4) is 0 Å². The summed E-state index contributed by atoms with van der Waals surface area (Å²) in [4.78, 5) is 2.08. The molecule has 0 bridgehead atoms. The Kier molecular flexibility index (Phi) is 3.53. The van der Waals surface area contributed by atoms with Crippen molar-refractivity contribution in [3.8, 4) is 0 Å². The van der Waals surface area contributed by atoms with E-state index in [0.29, 0.717) is 12.2 Å². The van der Waals surface area contributed by atoms with Crippen LogP contribution in [0.5, 0.6) is 0 Å². The van der Waals surface area contributed by atoms with Crippen molar-refractivity contribution in [3.05, 3.63) is 21.8 Å². The first-order chi connectivity index (χ1) is 7.89. The standard InChI is InChI=1S/C11H15IN2O2S/c1-8-7-17(15,16)5-4-14(8)11-3-2-9(12)6-10(11)13/h2-3,6,8H,4-5,7,13H2,1H3. The van der Waals surface area contributed by atoms with Crippen molar-refractivity contribution in [1.82, 2.24) is 0 Å². The zero-order valence-electron chi connectivity index (χ0n) is 9.56. The molecule has 2 rings (SSSR count). The lowest BCUT2D eigenvalue weighted by molar-refractivity contribution is 0.568. The fourth-order valence-electron chi connectivity index (χ4n) is 2.14. The molecule has 4 nitrogen and oxygen atoms in total. The van der Waals surface area contributed by atoms with Gasteiger partial charge < -0.3 is 10.6 Å². The number of hydrogen-bond acceptors (Lipinski definition) is 4. The summed E-state index contributed by atoms with van der Waals surface area (Å²) in [5.41, 5.74) is 7.64. The van der Waals surface area contributed by atoms with Crippen molar-refractivity contribution in [3.63, 3.8) is 0 Å². The van der Waals surface area contributed by atoms with Gasteiger partial charge in [0.1, 0.15) is 0 Å². The Labute approximate surface area is 115 Å². The molecule has 0 amide bonds. The van der Waals surface area contributed by atoms with Crippen LogP contribution in [0.25, 0.3) is 0 Å². The number of benzene rings is 1. The number of anilines is 2. The molecule has 1 fully saturated rings. The summed E-state index contributed by atoms with van der Waals surface area (Å²) >= 11 is 2.21. The van der Waals surface area contributed by atoms with Crippen LogP contribution in [0.2, 0.25) is 0 Å². The number of nitrogens with zero attached hydrogens (tertiary/aromatic N) is 1. The Balaban J connectivity index is 2.29. The molecule has 1 unspecified atom stereocenters. The van der Waals surface area contributed by atoms with E-state index in [-0.39, 0.29) is 17.5 Å². The van der Waals surface area contributed by atoms with Gasteiger partial charge in [-0.2, -0.15) is 0 Å². The van der Waals surface area contributed by atoms with Gasteiger partial charge in [0.2, 0.25) is 0 Å². The molecule has 1 atom stereocenters. The number of sulfone groups is 1. The first-order valence-corrected chi connectivity index (χ1v) is 8.31. The van der Waals surface area contributed by atoms with Gasteiger partial charge in [0.25, 0.3) is 0 Å². The highest BCUT2D eigenvalue weighted by Gasteiger charge is 2.28. The van der Waals surface area contributed by atoms with Crippen LogP contribution < -0.4 is 10.6 Å². The Bertz CT molecular complexity index is 530. The predicted molar refractivity (Wildman–Crippen MR) is 79.0 cm³/mol. The van der Waals surface area contributed by atoms with E-state index in [9.17, 15) is 8.42 Å². The van der Waals surface area contributed by atoms with Crippen LogP contribution in [0, 0.1) is 3.57 Å². The van der Waals surface area contributed by atoms with E-state index in [1.165, 1.54) is 0 Å². The minimum absolute atomic E-state index is 0.0175. The van der Waals surface area contributed by atoms with E-state index in [1.807, 2.05) is 25.1 Å². The van der Waals surface area contributed by atoms with E-state index >= 15 is 0 Å². The lowest BCUT2D eigenvalue weighted by Gasteiger charge is -2.35. The van der Waals surface area contributed by atoms with Gasteiger partial charge in [0.15, 0.2) is 9.84 Å². The maximum atomic E-state index is 11.5. The molecule has 1 saturated heterocycles. The van der Waals surface area contributed by atoms with E-state index in [1.54, 1.807) is 0 Å². The molecule has 17 heavy (non-hydrogen) atoms. The zero-order chi connectivity index (χ0) is 12.6. The molecule has 1 aliphatic heterocycles. The molecular formula is C11H15IN2O2S. The van der Waals surface area contributed by atoms with Crippen molar-refractivity contribution in [2.24, 2.45) is 0 Å². The zero-order valence-corrected chi connectivity index (χ0v) is 12.5. The van der Waals surface area contributed by atoms with Gasteiger partial charge in [-0.3, -0.25) is 0 Å². The van der Waals surface area contributed by atoms with Gasteiger partial charge in [-0.25, -0.2) is 8.42 Å². The molecule has 6 heteroatoms. The average Bonchev–Trinajstić information content (AvgIpc) is 2.18. The summed E-state index contributed by atoms with van der Waals surface area (Å²) in [7, 11) is -2.88. The van der Waals surface area contributed by atoms with Gasteiger partial charge in [-0.15, -0.1) is 0 Å². The number of nitrogen functional groups attached to an aromatic ring is 1. The summed E-state index contributed by atoms with van der Waals surface area (Å²) < 4.78 is 24.1. The van der Waals surface area contributed by atoms with E-state index in [2.05, 4.69) is 27.5 Å². The first-order valence-electron chi connectivity index (χ1n) is 5.41. The Hall–Kier alpha value is -0.500. The first kappa shape index (κ1) is 12.9. The smallest absolute Gasteiger partial charge is 0.154 e. The SMILES string of the molecule is CC1CS(=O)(=O)CCN1c1ccc(I)cc1N. The third-order valence-corrected chi connectivity index (χ3v) is 5.44. The number of rotatable bonds is 1. The van der Waals surface area contributed by atoms with Crippen molar-refractivity contribution < 1.29 is 8.42 Å². The van der Waals surface area contributed by atoms with Crippen LogP contribution >= 0.6 is 22.6 Å². The van der Waals surface area contributed by atoms with Crippen LogP contribution in [0.1, 0.15) is 6.92 Å².